The van der Waals surface area contributed by atoms with Crippen molar-refractivity contribution >= 4 is 0 Å². The second-order valence-electron chi connectivity index (χ2n) is 3.49. The first-order valence-corrected chi connectivity index (χ1v) is 4.84. The maximum absolute atomic E-state index is 5.72. The van der Waals surface area contributed by atoms with E-state index in [0.29, 0.717) is 6.10 Å². The van der Waals surface area contributed by atoms with Gasteiger partial charge in [-0.25, -0.2) is 0 Å². The van der Waals surface area contributed by atoms with Crippen LogP contribution in [0.1, 0.15) is 38.6 Å². The van der Waals surface area contributed by atoms with Crippen molar-refractivity contribution in [2.24, 2.45) is 0 Å². The molecule has 2 atom stereocenters. The SMILES string of the molecule is CCn1cnnc1C1CCC(C)O1. The number of rotatable bonds is 2. The van der Waals surface area contributed by atoms with E-state index >= 15 is 0 Å². The summed E-state index contributed by atoms with van der Waals surface area (Å²) < 4.78 is 7.77. The molecule has 72 valence electrons. The molecule has 0 amide bonds. The lowest BCUT2D eigenvalue weighted by Crippen LogP contribution is -2.08. The average molecular weight is 181 g/mol. The third kappa shape index (κ3) is 1.58. The van der Waals surface area contributed by atoms with Crippen molar-refractivity contribution < 1.29 is 4.74 Å². The lowest BCUT2D eigenvalue weighted by molar-refractivity contribution is 0.0480. The van der Waals surface area contributed by atoms with Crippen LogP contribution in [0, 0.1) is 0 Å². The Morgan fingerprint density at radius 1 is 1.62 bits per heavy atom. The molecule has 2 heterocycles. The molecule has 4 heteroatoms. The van der Waals surface area contributed by atoms with E-state index in [-0.39, 0.29) is 6.10 Å². The van der Waals surface area contributed by atoms with E-state index in [1.807, 2.05) is 4.57 Å². The molecule has 4 nitrogen and oxygen atoms in total. The normalized spacial score (nSPS) is 28.2. The van der Waals surface area contributed by atoms with Crippen LogP contribution in [0.4, 0.5) is 0 Å². The molecule has 0 aliphatic carbocycles. The molecule has 1 fully saturated rings. The molecule has 1 saturated heterocycles. The maximum Gasteiger partial charge on any atom is 0.162 e. The molecule has 0 radical (unpaired) electrons. The molecule has 2 rings (SSSR count). The van der Waals surface area contributed by atoms with Crippen LogP contribution in [0.3, 0.4) is 0 Å². The Bertz CT molecular complexity index is 284. The lowest BCUT2D eigenvalue weighted by Gasteiger charge is -2.10. The lowest BCUT2D eigenvalue weighted by atomic mass is 10.2. The van der Waals surface area contributed by atoms with Crippen LogP contribution in [0.2, 0.25) is 0 Å². The van der Waals surface area contributed by atoms with Crippen LogP contribution in [0.5, 0.6) is 0 Å². The van der Waals surface area contributed by atoms with E-state index in [4.69, 9.17) is 4.74 Å². The summed E-state index contributed by atoms with van der Waals surface area (Å²) in [4.78, 5) is 0. The standard InChI is InChI=1S/C9H15N3O/c1-3-12-6-10-11-9(12)8-5-4-7(2)13-8/h6-8H,3-5H2,1-2H3. The van der Waals surface area contributed by atoms with Gasteiger partial charge in [0.2, 0.25) is 0 Å². The Morgan fingerprint density at radius 2 is 2.46 bits per heavy atom. The van der Waals surface area contributed by atoms with Crippen LogP contribution in [-0.2, 0) is 11.3 Å². The highest BCUT2D eigenvalue weighted by Gasteiger charge is 2.26. The van der Waals surface area contributed by atoms with Gasteiger partial charge in [-0.2, -0.15) is 0 Å². The third-order valence-corrected chi connectivity index (χ3v) is 2.51. The van der Waals surface area contributed by atoms with E-state index in [2.05, 4.69) is 24.0 Å². The minimum atomic E-state index is 0.164. The summed E-state index contributed by atoms with van der Waals surface area (Å²) in [6.07, 6.45) is 4.49. The smallest absolute Gasteiger partial charge is 0.162 e. The highest BCUT2D eigenvalue weighted by molar-refractivity contribution is 4.94. The van der Waals surface area contributed by atoms with Crippen molar-refractivity contribution in [1.82, 2.24) is 14.8 Å². The molecule has 0 N–H and O–H groups in total. The fraction of sp³-hybridized carbons (Fsp3) is 0.778. The summed E-state index contributed by atoms with van der Waals surface area (Å²) in [5.41, 5.74) is 0. The van der Waals surface area contributed by atoms with Crippen LogP contribution >= 0.6 is 0 Å². The second-order valence-corrected chi connectivity index (χ2v) is 3.49. The minimum absolute atomic E-state index is 0.164. The number of nitrogens with zero attached hydrogens (tertiary/aromatic N) is 3. The van der Waals surface area contributed by atoms with E-state index in [9.17, 15) is 0 Å². The van der Waals surface area contributed by atoms with Crippen molar-refractivity contribution in [3.8, 4) is 0 Å². The number of hydrogen-bond acceptors (Lipinski definition) is 3. The summed E-state index contributed by atoms with van der Waals surface area (Å²) >= 11 is 0. The van der Waals surface area contributed by atoms with Crippen molar-refractivity contribution in [3.05, 3.63) is 12.2 Å². The average Bonchev–Trinajstić information content (AvgIpc) is 2.71. The van der Waals surface area contributed by atoms with Gasteiger partial charge in [0.15, 0.2) is 5.82 Å². The fourth-order valence-corrected chi connectivity index (χ4v) is 1.75. The molecule has 13 heavy (non-hydrogen) atoms. The van der Waals surface area contributed by atoms with Gasteiger partial charge in [-0.05, 0) is 26.7 Å². The molecule has 1 aromatic heterocycles. The van der Waals surface area contributed by atoms with Crippen LogP contribution in [0.15, 0.2) is 6.33 Å². The summed E-state index contributed by atoms with van der Waals surface area (Å²) in [5, 5.41) is 7.99. The van der Waals surface area contributed by atoms with E-state index in [0.717, 1.165) is 25.2 Å². The van der Waals surface area contributed by atoms with E-state index in [1.54, 1.807) is 6.33 Å². The third-order valence-electron chi connectivity index (χ3n) is 2.51. The van der Waals surface area contributed by atoms with Gasteiger partial charge in [-0.1, -0.05) is 0 Å². The number of hydrogen-bond donors (Lipinski definition) is 0. The van der Waals surface area contributed by atoms with Gasteiger partial charge in [-0.15, -0.1) is 10.2 Å². The molecule has 0 bridgehead atoms. The molecule has 1 aliphatic rings. The largest absolute Gasteiger partial charge is 0.367 e. The first-order chi connectivity index (χ1) is 6.31. The van der Waals surface area contributed by atoms with Gasteiger partial charge in [0.25, 0.3) is 0 Å². The Kier molecular flexibility index (Phi) is 2.31. The first kappa shape index (κ1) is 8.69. The van der Waals surface area contributed by atoms with Crippen molar-refractivity contribution in [3.63, 3.8) is 0 Å². The van der Waals surface area contributed by atoms with Gasteiger partial charge < -0.3 is 9.30 Å². The van der Waals surface area contributed by atoms with Crippen molar-refractivity contribution in [2.75, 3.05) is 0 Å². The molecule has 0 spiro atoms. The molecule has 0 aromatic carbocycles. The van der Waals surface area contributed by atoms with Gasteiger partial charge in [0.1, 0.15) is 12.4 Å². The molecule has 1 aliphatic heterocycles. The maximum atomic E-state index is 5.72. The molecule has 1 aromatic rings. The monoisotopic (exact) mass is 181 g/mol. The van der Waals surface area contributed by atoms with Crippen molar-refractivity contribution in [2.45, 2.75) is 45.4 Å². The second kappa shape index (κ2) is 3.46. The Balaban J connectivity index is 2.16. The molecule has 0 saturated carbocycles. The van der Waals surface area contributed by atoms with Crippen LogP contribution < -0.4 is 0 Å². The van der Waals surface area contributed by atoms with E-state index < -0.39 is 0 Å². The molecular formula is C9H15N3O. The number of aryl methyl sites for hydroxylation is 1. The summed E-state index contributed by atoms with van der Waals surface area (Å²) in [6.45, 7) is 5.11. The van der Waals surface area contributed by atoms with Gasteiger partial charge in [0.05, 0.1) is 6.10 Å². The highest BCUT2D eigenvalue weighted by Crippen LogP contribution is 2.30. The highest BCUT2D eigenvalue weighted by atomic mass is 16.5. The molecule has 2 unspecified atom stereocenters. The number of aromatic nitrogens is 3. The zero-order valence-electron chi connectivity index (χ0n) is 8.10. The minimum Gasteiger partial charge on any atom is -0.367 e. The predicted octanol–water partition coefficient (Wildman–Crippen LogP) is 1.54. The topological polar surface area (TPSA) is 39.9 Å². The Hall–Kier alpha value is -0.900. The summed E-state index contributed by atoms with van der Waals surface area (Å²) in [6, 6.07) is 0. The Labute approximate surface area is 77.9 Å². The predicted molar refractivity (Wildman–Crippen MR) is 48.2 cm³/mol. The molecular weight excluding hydrogens is 166 g/mol. The van der Waals surface area contributed by atoms with Crippen LogP contribution in [0.25, 0.3) is 0 Å². The van der Waals surface area contributed by atoms with Crippen molar-refractivity contribution in [1.29, 1.82) is 0 Å². The van der Waals surface area contributed by atoms with E-state index in [1.165, 1.54) is 0 Å². The summed E-state index contributed by atoms with van der Waals surface area (Å²) in [7, 11) is 0. The van der Waals surface area contributed by atoms with Gasteiger partial charge in [-0.3, -0.25) is 0 Å². The summed E-state index contributed by atoms with van der Waals surface area (Å²) in [5.74, 6) is 0.979. The zero-order valence-corrected chi connectivity index (χ0v) is 8.10. The van der Waals surface area contributed by atoms with Gasteiger partial charge >= 0.3 is 0 Å². The number of ether oxygens (including phenoxy) is 1. The zero-order chi connectivity index (χ0) is 9.26. The van der Waals surface area contributed by atoms with Gasteiger partial charge in [0, 0.05) is 6.54 Å². The first-order valence-electron chi connectivity index (χ1n) is 4.84. The fourth-order valence-electron chi connectivity index (χ4n) is 1.75. The quantitative estimate of drug-likeness (QED) is 0.694. The Morgan fingerprint density at radius 3 is 3.08 bits per heavy atom. The van der Waals surface area contributed by atoms with Crippen LogP contribution in [-0.4, -0.2) is 20.9 Å².